The first-order chi connectivity index (χ1) is 9.72. The molecule has 3 N–H and O–H groups in total. The van der Waals surface area contributed by atoms with Gasteiger partial charge in [0.15, 0.2) is 0 Å². The molecule has 3 aromatic rings. The number of aryl methyl sites for hydroxylation is 1. The summed E-state index contributed by atoms with van der Waals surface area (Å²) in [6.45, 7) is 2.80. The SMILES string of the molecule is Cc1nc(CCNc2ncnc3ccc(N)cc23)cs1. The topological polar surface area (TPSA) is 76.7 Å². The average Bonchev–Trinajstić information content (AvgIpc) is 2.85. The molecule has 20 heavy (non-hydrogen) atoms. The van der Waals surface area contributed by atoms with Crippen LogP contribution < -0.4 is 11.1 Å². The highest BCUT2D eigenvalue weighted by Crippen LogP contribution is 2.21. The third kappa shape index (κ3) is 2.70. The van der Waals surface area contributed by atoms with Gasteiger partial charge < -0.3 is 11.1 Å². The van der Waals surface area contributed by atoms with Gasteiger partial charge in [-0.15, -0.1) is 11.3 Å². The number of nitrogens with zero attached hydrogens (tertiary/aromatic N) is 3. The fourth-order valence-electron chi connectivity index (χ4n) is 2.05. The maximum atomic E-state index is 5.82. The molecule has 0 saturated carbocycles. The van der Waals surface area contributed by atoms with E-state index >= 15 is 0 Å². The smallest absolute Gasteiger partial charge is 0.137 e. The fraction of sp³-hybridized carbons (Fsp3) is 0.214. The number of nitrogen functional groups attached to an aromatic ring is 1. The number of nitrogens with two attached hydrogens (primary N) is 1. The van der Waals surface area contributed by atoms with Crippen LogP contribution in [0.4, 0.5) is 11.5 Å². The Morgan fingerprint density at radius 2 is 2.20 bits per heavy atom. The molecule has 0 radical (unpaired) electrons. The van der Waals surface area contributed by atoms with Crippen molar-refractivity contribution < 1.29 is 0 Å². The Balaban J connectivity index is 1.75. The summed E-state index contributed by atoms with van der Waals surface area (Å²) in [4.78, 5) is 13.0. The molecule has 0 aliphatic heterocycles. The van der Waals surface area contributed by atoms with E-state index in [0.29, 0.717) is 5.69 Å². The number of nitrogens with one attached hydrogen (secondary N) is 1. The molecular weight excluding hydrogens is 270 g/mol. The van der Waals surface area contributed by atoms with Crippen molar-refractivity contribution in [3.8, 4) is 0 Å². The lowest BCUT2D eigenvalue weighted by molar-refractivity contribution is 0.961. The molecule has 0 saturated heterocycles. The highest BCUT2D eigenvalue weighted by Gasteiger charge is 2.04. The van der Waals surface area contributed by atoms with E-state index in [-0.39, 0.29) is 0 Å². The second kappa shape index (κ2) is 5.42. The van der Waals surface area contributed by atoms with Gasteiger partial charge in [0.1, 0.15) is 12.1 Å². The number of hydrogen-bond donors (Lipinski definition) is 2. The molecule has 5 nitrogen and oxygen atoms in total. The van der Waals surface area contributed by atoms with Crippen molar-refractivity contribution in [3.63, 3.8) is 0 Å². The first-order valence-corrected chi connectivity index (χ1v) is 7.25. The summed E-state index contributed by atoms with van der Waals surface area (Å²) in [5.41, 5.74) is 8.54. The highest BCUT2D eigenvalue weighted by atomic mass is 32.1. The zero-order chi connectivity index (χ0) is 13.9. The maximum Gasteiger partial charge on any atom is 0.137 e. The Labute approximate surface area is 120 Å². The number of anilines is 2. The predicted molar refractivity (Wildman–Crippen MR) is 83.0 cm³/mol. The van der Waals surface area contributed by atoms with Crippen LogP contribution in [0, 0.1) is 6.92 Å². The largest absolute Gasteiger partial charge is 0.399 e. The lowest BCUT2D eigenvalue weighted by atomic mass is 10.2. The lowest BCUT2D eigenvalue weighted by Crippen LogP contribution is -2.07. The van der Waals surface area contributed by atoms with Gasteiger partial charge in [-0.05, 0) is 25.1 Å². The lowest BCUT2D eigenvalue weighted by Gasteiger charge is -2.08. The van der Waals surface area contributed by atoms with Gasteiger partial charge in [0.2, 0.25) is 0 Å². The molecule has 0 aliphatic carbocycles. The van der Waals surface area contributed by atoms with Crippen LogP contribution in [0.3, 0.4) is 0 Å². The van der Waals surface area contributed by atoms with Gasteiger partial charge >= 0.3 is 0 Å². The van der Waals surface area contributed by atoms with Crippen LogP contribution in [0.1, 0.15) is 10.7 Å². The quantitative estimate of drug-likeness (QED) is 0.721. The van der Waals surface area contributed by atoms with Crippen LogP contribution in [-0.2, 0) is 6.42 Å². The Morgan fingerprint density at radius 3 is 3.00 bits per heavy atom. The summed E-state index contributed by atoms with van der Waals surface area (Å²) < 4.78 is 0. The van der Waals surface area contributed by atoms with Crippen molar-refractivity contribution in [2.45, 2.75) is 13.3 Å². The van der Waals surface area contributed by atoms with Crippen LogP contribution in [-0.4, -0.2) is 21.5 Å². The van der Waals surface area contributed by atoms with E-state index in [0.717, 1.165) is 40.4 Å². The third-order valence-corrected chi connectivity index (χ3v) is 3.82. The Hall–Kier alpha value is -2.21. The van der Waals surface area contributed by atoms with Gasteiger partial charge in [-0.25, -0.2) is 15.0 Å². The average molecular weight is 285 g/mol. The fourth-order valence-corrected chi connectivity index (χ4v) is 2.69. The van der Waals surface area contributed by atoms with Gasteiger partial charge in [0, 0.05) is 29.4 Å². The number of thiazole rings is 1. The minimum absolute atomic E-state index is 0.713. The third-order valence-electron chi connectivity index (χ3n) is 3.00. The number of rotatable bonds is 4. The van der Waals surface area contributed by atoms with E-state index in [1.807, 2.05) is 25.1 Å². The first-order valence-electron chi connectivity index (χ1n) is 6.37. The van der Waals surface area contributed by atoms with Gasteiger partial charge in [-0.3, -0.25) is 0 Å². The molecule has 1 aromatic carbocycles. The Bertz CT molecular complexity index is 737. The van der Waals surface area contributed by atoms with Crippen molar-refractivity contribution in [1.82, 2.24) is 15.0 Å². The number of aromatic nitrogens is 3. The molecule has 2 heterocycles. The normalized spacial score (nSPS) is 10.8. The zero-order valence-corrected chi connectivity index (χ0v) is 11.9. The monoisotopic (exact) mass is 285 g/mol. The summed E-state index contributed by atoms with van der Waals surface area (Å²) in [5, 5.41) is 7.46. The Kier molecular flexibility index (Phi) is 3.47. The predicted octanol–water partition coefficient (Wildman–Crippen LogP) is 2.63. The van der Waals surface area contributed by atoms with Crippen molar-refractivity contribution in [3.05, 3.63) is 40.6 Å². The van der Waals surface area contributed by atoms with E-state index in [2.05, 4.69) is 25.6 Å². The molecule has 102 valence electrons. The summed E-state index contributed by atoms with van der Waals surface area (Å²) in [7, 11) is 0. The van der Waals surface area contributed by atoms with Gasteiger partial charge in [-0.2, -0.15) is 0 Å². The molecule has 0 unspecified atom stereocenters. The van der Waals surface area contributed by atoms with Crippen LogP contribution in [0.15, 0.2) is 29.9 Å². The maximum absolute atomic E-state index is 5.82. The Morgan fingerprint density at radius 1 is 1.30 bits per heavy atom. The van der Waals surface area contributed by atoms with Crippen LogP contribution in [0.5, 0.6) is 0 Å². The molecule has 0 atom stereocenters. The zero-order valence-electron chi connectivity index (χ0n) is 11.1. The van der Waals surface area contributed by atoms with Crippen molar-refractivity contribution in [2.75, 3.05) is 17.6 Å². The van der Waals surface area contributed by atoms with Crippen molar-refractivity contribution in [2.24, 2.45) is 0 Å². The minimum Gasteiger partial charge on any atom is -0.399 e. The summed E-state index contributed by atoms with van der Waals surface area (Å²) in [5.74, 6) is 0.814. The van der Waals surface area contributed by atoms with Gasteiger partial charge in [0.05, 0.1) is 16.2 Å². The second-order valence-electron chi connectivity index (χ2n) is 4.53. The van der Waals surface area contributed by atoms with Gasteiger partial charge in [0.25, 0.3) is 0 Å². The summed E-state index contributed by atoms with van der Waals surface area (Å²) in [6.07, 6.45) is 2.44. The van der Waals surface area contributed by atoms with Crippen LogP contribution in [0.25, 0.3) is 10.9 Å². The van der Waals surface area contributed by atoms with Crippen molar-refractivity contribution in [1.29, 1.82) is 0 Å². The van der Waals surface area contributed by atoms with E-state index in [9.17, 15) is 0 Å². The highest BCUT2D eigenvalue weighted by molar-refractivity contribution is 7.09. The second-order valence-corrected chi connectivity index (χ2v) is 5.60. The minimum atomic E-state index is 0.713. The van der Waals surface area contributed by atoms with Crippen molar-refractivity contribution >= 4 is 33.7 Å². The van der Waals surface area contributed by atoms with E-state index < -0.39 is 0 Å². The number of fused-ring (bicyclic) bond motifs is 1. The number of hydrogen-bond acceptors (Lipinski definition) is 6. The first kappa shape index (κ1) is 12.8. The van der Waals surface area contributed by atoms with Gasteiger partial charge in [-0.1, -0.05) is 0 Å². The molecule has 2 aromatic heterocycles. The summed E-state index contributed by atoms with van der Waals surface area (Å²) >= 11 is 1.67. The summed E-state index contributed by atoms with van der Waals surface area (Å²) in [6, 6.07) is 5.64. The molecule has 0 aliphatic rings. The van der Waals surface area contributed by atoms with E-state index in [4.69, 9.17) is 5.73 Å². The molecule has 0 bridgehead atoms. The van der Waals surface area contributed by atoms with E-state index in [1.165, 1.54) is 0 Å². The molecule has 0 fully saturated rings. The standard InChI is InChI=1S/C14H15N5S/c1-9-19-11(7-20-9)4-5-16-14-12-6-10(15)2-3-13(12)17-8-18-14/h2-3,6-8H,4-5,15H2,1H3,(H,16,17,18). The molecule has 0 amide bonds. The number of benzene rings is 1. The molecule has 6 heteroatoms. The van der Waals surface area contributed by atoms with Crippen LogP contribution >= 0.6 is 11.3 Å². The molecular formula is C14H15N5S. The van der Waals surface area contributed by atoms with E-state index in [1.54, 1.807) is 17.7 Å². The molecule has 0 spiro atoms. The van der Waals surface area contributed by atoms with Crippen LogP contribution in [0.2, 0.25) is 0 Å². The molecule has 3 rings (SSSR count).